The summed E-state index contributed by atoms with van der Waals surface area (Å²) in [5.41, 5.74) is 10.2. The SMILES string of the molecule is COc1cc(C)cc2cc(-c3cc(COC4CCNC4)n4ncnc(N)c34)sc12. The Kier molecular flexibility index (Phi) is 4.61. The standard InChI is InChI=1S/C21H23N5O2S/c1-12-5-13-7-18(29-20(13)17(6-12)27-2)16-8-14(10-28-15-3-4-23-9-15)26-19(16)21(22)24-11-25-26/h5-8,11,15,23H,3-4,9-10H2,1-2H3,(H2,22,24,25). The summed E-state index contributed by atoms with van der Waals surface area (Å²) in [5, 5.41) is 8.93. The fourth-order valence-electron chi connectivity index (χ4n) is 3.95. The lowest BCUT2D eigenvalue weighted by Crippen LogP contribution is -2.17. The molecule has 0 aliphatic carbocycles. The Morgan fingerprint density at radius 3 is 3.00 bits per heavy atom. The van der Waals surface area contributed by atoms with Crippen molar-refractivity contribution < 1.29 is 9.47 Å². The topological polar surface area (TPSA) is 86.7 Å². The first-order valence-electron chi connectivity index (χ1n) is 9.66. The maximum atomic E-state index is 6.26. The first-order chi connectivity index (χ1) is 14.1. The summed E-state index contributed by atoms with van der Waals surface area (Å²) in [6.45, 7) is 4.45. The second kappa shape index (κ2) is 7.29. The van der Waals surface area contributed by atoms with Gasteiger partial charge in [0.15, 0.2) is 5.82 Å². The molecule has 1 aliphatic rings. The van der Waals surface area contributed by atoms with Gasteiger partial charge in [-0.15, -0.1) is 11.3 Å². The minimum Gasteiger partial charge on any atom is -0.495 e. The monoisotopic (exact) mass is 409 g/mol. The number of thiophene rings is 1. The summed E-state index contributed by atoms with van der Waals surface area (Å²) in [6.07, 6.45) is 2.76. The zero-order chi connectivity index (χ0) is 20.0. The van der Waals surface area contributed by atoms with Crippen molar-refractivity contribution in [1.82, 2.24) is 19.9 Å². The van der Waals surface area contributed by atoms with E-state index in [9.17, 15) is 0 Å². The van der Waals surface area contributed by atoms with E-state index in [1.54, 1.807) is 18.4 Å². The van der Waals surface area contributed by atoms with Gasteiger partial charge in [-0.05, 0) is 49.0 Å². The van der Waals surface area contributed by atoms with E-state index in [0.717, 1.165) is 57.0 Å². The summed E-state index contributed by atoms with van der Waals surface area (Å²) in [6, 6.07) is 8.54. The van der Waals surface area contributed by atoms with Crippen LogP contribution >= 0.6 is 11.3 Å². The van der Waals surface area contributed by atoms with Gasteiger partial charge in [-0.2, -0.15) is 5.10 Å². The number of rotatable bonds is 5. The summed E-state index contributed by atoms with van der Waals surface area (Å²) in [5.74, 6) is 1.35. The smallest absolute Gasteiger partial charge is 0.152 e. The third kappa shape index (κ3) is 3.23. The van der Waals surface area contributed by atoms with Gasteiger partial charge in [0.2, 0.25) is 0 Å². The molecule has 0 bridgehead atoms. The normalized spacial score (nSPS) is 16.8. The highest BCUT2D eigenvalue weighted by Crippen LogP contribution is 2.42. The molecule has 1 atom stereocenters. The molecule has 4 aromatic rings. The fraction of sp³-hybridized carbons (Fsp3) is 0.333. The van der Waals surface area contributed by atoms with E-state index in [1.807, 2.05) is 4.52 Å². The Morgan fingerprint density at radius 1 is 1.31 bits per heavy atom. The molecule has 1 fully saturated rings. The van der Waals surface area contributed by atoms with Crippen LogP contribution in [0.2, 0.25) is 0 Å². The molecule has 1 aliphatic heterocycles. The highest BCUT2D eigenvalue weighted by molar-refractivity contribution is 7.22. The number of benzene rings is 1. The Bertz CT molecular complexity index is 1190. The quantitative estimate of drug-likeness (QED) is 0.525. The summed E-state index contributed by atoms with van der Waals surface area (Å²) < 4.78 is 14.7. The lowest BCUT2D eigenvalue weighted by molar-refractivity contribution is 0.0514. The number of ether oxygens (including phenoxy) is 2. The van der Waals surface area contributed by atoms with Crippen LogP contribution in [0.5, 0.6) is 5.75 Å². The number of hydrogen-bond acceptors (Lipinski definition) is 7. The average Bonchev–Trinajstić information content (AvgIpc) is 3.44. The molecule has 1 saturated heterocycles. The molecule has 0 saturated carbocycles. The van der Waals surface area contributed by atoms with E-state index in [1.165, 1.54) is 11.9 Å². The molecule has 150 valence electrons. The Labute approximate surface area is 172 Å². The number of aromatic nitrogens is 3. The minimum atomic E-state index is 0.236. The highest BCUT2D eigenvalue weighted by atomic mass is 32.1. The molecule has 0 radical (unpaired) electrons. The van der Waals surface area contributed by atoms with Gasteiger partial charge < -0.3 is 20.5 Å². The van der Waals surface area contributed by atoms with E-state index < -0.39 is 0 Å². The van der Waals surface area contributed by atoms with Crippen LogP contribution in [0.3, 0.4) is 0 Å². The fourth-order valence-corrected chi connectivity index (χ4v) is 5.10. The number of hydrogen-bond donors (Lipinski definition) is 2. The van der Waals surface area contributed by atoms with Crippen molar-refractivity contribution in [2.24, 2.45) is 0 Å². The summed E-state index contributed by atoms with van der Waals surface area (Å²) >= 11 is 1.69. The van der Waals surface area contributed by atoms with Crippen LogP contribution in [0.15, 0.2) is 30.6 Å². The van der Waals surface area contributed by atoms with E-state index in [4.69, 9.17) is 15.2 Å². The number of nitrogen functional groups attached to an aromatic ring is 1. The second-order valence-corrected chi connectivity index (χ2v) is 8.43. The third-order valence-corrected chi connectivity index (χ3v) is 6.55. The van der Waals surface area contributed by atoms with Crippen molar-refractivity contribution in [2.75, 3.05) is 25.9 Å². The molecule has 29 heavy (non-hydrogen) atoms. The lowest BCUT2D eigenvalue weighted by Gasteiger charge is -2.09. The molecule has 1 unspecified atom stereocenters. The van der Waals surface area contributed by atoms with Crippen molar-refractivity contribution >= 4 is 32.8 Å². The number of nitrogens with two attached hydrogens (primary N) is 1. The van der Waals surface area contributed by atoms with Gasteiger partial charge in [-0.3, -0.25) is 0 Å². The van der Waals surface area contributed by atoms with Crippen LogP contribution in [-0.2, 0) is 11.3 Å². The number of fused-ring (bicyclic) bond motifs is 2. The first kappa shape index (κ1) is 18.4. The van der Waals surface area contributed by atoms with E-state index in [0.29, 0.717) is 12.4 Å². The van der Waals surface area contributed by atoms with Gasteiger partial charge in [0.1, 0.15) is 17.6 Å². The number of methoxy groups -OCH3 is 1. The molecular formula is C21H23N5O2S. The molecule has 5 rings (SSSR count). The van der Waals surface area contributed by atoms with Crippen LogP contribution < -0.4 is 15.8 Å². The van der Waals surface area contributed by atoms with Crippen LogP contribution in [0.1, 0.15) is 17.7 Å². The first-order valence-corrected chi connectivity index (χ1v) is 10.5. The Hall–Kier alpha value is -2.68. The third-order valence-electron chi connectivity index (χ3n) is 5.35. The molecular weight excluding hydrogens is 386 g/mol. The summed E-state index contributed by atoms with van der Waals surface area (Å²) in [7, 11) is 1.71. The van der Waals surface area contributed by atoms with Gasteiger partial charge >= 0.3 is 0 Å². The molecule has 8 heteroatoms. The van der Waals surface area contributed by atoms with Crippen LogP contribution in [0.25, 0.3) is 26.0 Å². The van der Waals surface area contributed by atoms with Crippen LogP contribution in [0.4, 0.5) is 5.82 Å². The van der Waals surface area contributed by atoms with Gasteiger partial charge in [-0.1, -0.05) is 6.07 Å². The van der Waals surface area contributed by atoms with Crippen LogP contribution in [-0.4, -0.2) is 40.9 Å². The van der Waals surface area contributed by atoms with E-state index in [-0.39, 0.29) is 6.10 Å². The van der Waals surface area contributed by atoms with Crippen molar-refractivity contribution in [3.63, 3.8) is 0 Å². The van der Waals surface area contributed by atoms with Crippen molar-refractivity contribution in [2.45, 2.75) is 26.1 Å². The lowest BCUT2D eigenvalue weighted by atomic mass is 10.1. The molecule has 7 nitrogen and oxygen atoms in total. The number of anilines is 1. The molecule has 1 aromatic carbocycles. The summed E-state index contributed by atoms with van der Waals surface area (Å²) in [4.78, 5) is 5.33. The Morgan fingerprint density at radius 2 is 2.21 bits per heavy atom. The number of nitrogens with zero attached hydrogens (tertiary/aromatic N) is 3. The highest BCUT2D eigenvalue weighted by Gasteiger charge is 2.20. The second-order valence-electron chi connectivity index (χ2n) is 7.38. The molecule has 4 heterocycles. The average molecular weight is 410 g/mol. The molecule has 0 spiro atoms. The van der Waals surface area contributed by atoms with Gasteiger partial charge in [0, 0.05) is 17.0 Å². The number of aryl methyl sites for hydroxylation is 1. The van der Waals surface area contributed by atoms with Crippen LogP contribution in [0, 0.1) is 6.92 Å². The molecule has 3 N–H and O–H groups in total. The zero-order valence-corrected chi connectivity index (χ0v) is 17.3. The largest absolute Gasteiger partial charge is 0.495 e. The van der Waals surface area contributed by atoms with Crippen molar-refractivity contribution in [3.8, 4) is 16.2 Å². The molecule has 3 aromatic heterocycles. The van der Waals surface area contributed by atoms with Gasteiger partial charge in [0.05, 0.1) is 30.2 Å². The maximum absolute atomic E-state index is 6.26. The van der Waals surface area contributed by atoms with E-state index >= 15 is 0 Å². The minimum absolute atomic E-state index is 0.236. The van der Waals surface area contributed by atoms with Crippen molar-refractivity contribution in [3.05, 3.63) is 41.9 Å². The molecule has 0 amide bonds. The van der Waals surface area contributed by atoms with E-state index in [2.05, 4.69) is 46.6 Å². The van der Waals surface area contributed by atoms with Gasteiger partial charge in [0.25, 0.3) is 0 Å². The predicted octanol–water partition coefficient (Wildman–Crippen LogP) is 3.39. The zero-order valence-electron chi connectivity index (χ0n) is 16.4. The van der Waals surface area contributed by atoms with Crippen molar-refractivity contribution in [1.29, 1.82) is 0 Å². The number of nitrogens with one attached hydrogen (secondary N) is 1. The van der Waals surface area contributed by atoms with Gasteiger partial charge in [-0.25, -0.2) is 9.50 Å². The predicted molar refractivity (Wildman–Crippen MR) is 116 cm³/mol. The maximum Gasteiger partial charge on any atom is 0.152 e. The Balaban J connectivity index is 1.62.